The van der Waals surface area contributed by atoms with Crippen molar-refractivity contribution in [3.05, 3.63) is 16.4 Å². The van der Waals surface area contributed by atoms with Crippen molar-refractivity contribution in [2.45, 2.75) is 58.6 Å². The maximum Gasteiger partial charge on any atom is 0.0996 e. The molecule has 1 saturated carbocycles. The first-order chi connectivity index (χ1) is 8.67. The van der Waals surface area contributed by atoms with E-state index >= 15 is 0 Å². The zero-order valence-electron chi connectivity index (χ0n) is 11.3. The molecule has 3 unspecified atom stereocenters. The van der Waals surface area contributed by atoms with E-state index in [1.165, 1.54) is 12.8 Å². The van der Waals surface area contributed by atoms with Crippen molar-refractivity contribution in [1.29, 1.82) is 0 Å². The molecule has 1 N–H and O–H groups in total. The topological polar surface area (TPSA) is 38.0 Å². The quantitative estimate of drug-likeness (QED) is 0.894. The van der Waals surface area contributed by atoms with E-state index in [4.69, 9.17) is 0 Å². The molecule has 0 radical (unpaired) electrons. The first kappa shape index (κ1) is 14.1. The van der Waals surface area contributed by atoms with Crippen molar-refractivity contribution < 1.29 is 5.11 Å². The summed E-state index contributed by atoms with van der Waals surface area (Å²) in [5.41, 5.74) is 0.971. The second kappa shape index (κ2) is 6.20. The lowest BCUT2D eigenvalue weighted by atomic mass is 9.96. The monoisotopic (exact) mass is 314 g/mol. The molecule has 1 aromatic rings. The van der Waals surface area contributed by atoms with Crippen LogP contribution in [0, 0.1) is 11.8 Å². The number of hydrogen-bond acceptors (Lipinski definition) is 2. The fourth-order valence-corrected chi connectivity index (χ4v) is 3.58. The summed E-state index contributed by atoms with van der Waals surface area (Å²) in [6, 6.07) is 0. The molecule has 2 rings (SSSR count). The molecule has 0 aliphatic heterocycles. The Labute approximate surface area is 118 Å². The van der Waals surface area contributed by atoms with E-state index in [2.05, 4.69) is 34.9 Å². The van der Waals surface area contributed by atoms with Gasteiger partial charge in [0.05, 0.1) is 22.5 Å². The number of nitrogens with zero attached hydrogens (tertiary/aromatic N) is 2. The van der Waals surface area contributed by atoms with E-state index in [1.807, 2.05) is 4.68 Å². The summed E-state index contributed by atoms with van der Waals surface area (Å²) in [6.45, 7) is 5.26. The number of rotatable bonds is 5. The summed E-state index contributed by atoms with van der Waals surface area (Å²) in [6.07, 6.45) is 7.27. The van der Waals surface area contributed by atoms with Gasteiger partial charge in [-0.3, -0.25) is 4.68 Å². The molecule has 4 heteroatoms. The number of aliphatic hydroxyl groups excluding tert-OH is 1. The van der Waals surface area contributed by atoms with Crippen LogP contribution in [-0.4, -0.2) is 14.9 Å². The summed E-state index contributed by atoms with van der Waals surface area (Å²) >= 11 is 3.52. The molecule has 1 fully saturated rings. The van der Waals surface area contributed by atoms with E-state index < -0.39 is 0 Å². The zero-order valence-corrected chi connectivity index (χ0v) is 12.9. The standard InChI is InChI=1S/C14H23BrN2O/c1-3-7-17-13(12(15)9-16-17)14(18)11-6-5-10(4-2)8-11/h9-11,14,18H,3-8H2,1-2H3. The highest BCUT2D eigenvalue weighted by Crippen LogP contribution is 2.41. The average molecular weight is 315 g/mol. The molecule has 1 heterocycles. The van der Waals surface area contributed by atoms with Crippen LogP contribution in [0.2, 0.25) is 0 Å². The van der Waals surface area contributed by atoms with Crippen LogP contribution in [0.5, 0.6) is 0 Å². The van der Waals surface area contributed by atoms with Crippen LogP contribution < -0.4 is 0 Å². The van der Waals surface area contributed by atoms with Gasteiger partial charge in [-0.15, -0.1) is 0 Å². The lowest BCUT2D eigenvalue weighted by Crippen LogP contribution is -2.16. The number of aromatic nitrogens is 2. The van der Waals surface area contributed by atoms with Gasteiger partial charge in [-0.2, -0.15) is 5.10 Å². The molecular formula is C14H23BrN2O. The van der Waals surface area contributed by atoms with Crippen molar-refractivity contribution >= 4 is 15.9 Å². The van der Waals surface area contributed by atoms with Gasteiger partial charge in [-0.25, -0.2) is 0 Å². The Morgan fingerprint density at radius 3 is 2.89 bits per heavy atom. The van der Waals surface area contributed by atoms with Crippen molar-refractivity contribution in [1.82, 2.24) is 9.78 Å². The summed E-state index contributed by atoms with van der Waals surface area (Å²) < 4.78 is 2.90. The Bertz CT molecular complexity index is 391. The molecule has 1 aliphatic rings. The second-order valence-corrected chi connectivity index (χ2v) is 6.25. The molecule has 18 heavy (non-hydrogen) atoms. The number of aryl methyl sites for hydroxylation is 1. The minimum Gasteiger partial charge on any atom is -0.386 e. The summed E-state index contributed by atoms with van der Waals surface area (Å²) in [5.74, 6) is 1.20. The maximum absolute atomic E-state index is 10.6. The minimum absolute atomic E-state index is 0.370. The molecule has 1 aromatic heterocycles. The fourth-order valence-electron chi connectivity index (χ4n) is 3.05. The Morgan fingerprint density at radius 2 is 2.28 bits per heavy atom. The molecule has 0 aromatic carbocycles. The molecule has 102 valence electrons. The van der Waals surface area contributed by atoms with Crippen LogP contribution in [0.1, 0.15) is 57.7 Å². The van der Waals surface area contributed by atoms with E-state index in [1.54, 1.807) is 6.20 Å². The Kier molecular flexibility index (Phi) is 4.84. The van der Waals surface area contributed by atoms with Gasteiger partial charge in [-0.05, 0) is 47.0 Å². The highest BCUT2D eigenvalue weighted by molar-refractivity contribution is 9.10. The molecule has 1 aliphatic carbocycles. The molecule has 0 bridgehead atoms. The van der Waals surface area contributed by atoms with Crippen LogP contribution in [0.4, 0.5) is 0 Å². The second-order valence-electron chi connectivity index (χ2n) is 5.39. The van der Waals surface area contributed by atoms with Crippen LogP contribution in [0.3, 0.4) is 0 Å². The summed E-state index contributed by atoms with van der Waals surface area (Å²) in [5, 5.41) is 15.0. The van der Waals surface area contributed by atoms with Crippen LogP contribution >= 0.6 is 15.9 Å². The van der Waals surface area contributed by atoms with Gasteiger partial charge in [-0.1, -0.05) is 26.7 Å². The molecule has 3 atom stereocenters. The van der Waals surface area contributed by atoms with E-state index in [0.29, 0.717) is 5.92 Å². The minimum atomic E-state index is -0.370. The fraction of sp³-hybridized carbons (Fsp3) is 0.786. The summed E-state index contributed by atoms with van der Waals surface area (Å²) in [4.78, 5) is 0. The van der Waals surface area contributed by atoms with Gasteiger partial charge in [0, 0.05) is 6.54 Å². The van der Waals surface area contributed by atoms with Gasteiger partial charge in [0.1, 0.15) is 0 Å². The molecular weight excluding hydrogens is 292 g/mol. The number of halogens is 1. The normalized spacial score (nSPS) is 25.6. The van der Waals surface area contributed by atoms with Gasteiger partial charge in [0.25, 0.3) is 0 Å². The van der Waals surface area contributed by atoms with Gasteiger partial charge in [0.15, 0.2) is 0 Å². The van der Waals surface area contributed by atoms with Gasteiger partial charge in [0.2, 0.25) is 0 Å². The third-order valence-electron chi connectivity index (χ3n) is 4.15. The van der Waals surface area contributed by atoms with Crippen LogP contribution in [0.25, 0.3) is 0 Å². The maximum atomic E-state index is 10.6. The van der Waals surface area contributed by atoms with Crippen molar-refractivity contribution in [2.75, 3.05) is 0 Å². The largest absolute Gasteiger partial charge is 0.386 e. The highest BCUT2D eigenvalue weighted by Gasteiger charge is 2.32. The number of aliphatic hydroxyl groups is 1. The zero-order chi connectivity index (χ0) is 13.1. The lowest BCUT2D eigenvalue weighted by Gasteiger charge is -2.20. The Morgan fingerprint density at radius 1 is 1.50 bits per heavy atom. The highest BCUT2D eigenvalue weighted by atomic mass is 79.9. The van der Waals surface area contributed by atoms with Crippen LogP contribution in [-0.2, 0) is 6.54 Å². The first-order valence-electron chi connectivity index (χ1n) is 7.06. The molecule has 0 amide bonds. The number of hydrogen-bond donors (Lipinski definition) is 1. The van der Waals surface area contributed by atoms with Gasteiger partial charge < -0.3 is 5.11 Å². The van der Waals surface area contributed by atoms with Crippen molar-refractivity contribution in [2.24, 2.45) is 11.8 Å². The van der Waals surface area contributed by atoms with Crippen molar-refractivity contribution in [3.63, 3.8) is 0 Å². The van der Waals surface area contributed by atoms with Crippen LogP contribution in [0.15, 0.2) is 10.7 Å². The average Bonchev–Trinajstić information content (AvgIpc) is 2.96. The predicted octanol–water partition coefficient (Wildman–Crippen LogP) is 3.92. The third kappa shape index (κ3) is 2.80. The molecule has 0 saturated heterocycles. The van der Waals surface area contributed by atoms with E-state index in [0.717, 1.165) is 41.9 Å². The Hall–Kier alpha value is -0.350. The third-order valence-corrected chi connectivity index (χ3v) is 4.77. The van der Waals surface area contributed by atoms with Gasteiger partial charge >= 0.3 is 0 Å². The SMILES string of the molecule is CCCn1ncc(Br)c1C(O)C1CCC(CC)C1. The smallest absolute Gasteiger partial charge is 0.0996 e. The summed E-state index contributed by atoms with van der Waals surface area (Å²) in [7, 11) is 0. The Balaban J connectivity index is 2.13. The molecule has 3 nitrogen and oxygen atoms in total. The van der Waals surface area contributed by atoms with E-state index in [-0.39, 0.29) is 6.10 Å². The molecule has 0 spiro atoms. The lowest BCUT2D eigenvalue weighted by molar-refractivity contribution is 0.0987. The predicted molar refractivity (Wildman–Crippen MR) is 76.3 cm³/mol. The van der Waals surface area contributed by atoms with Crippen molar-refractivity contribution in [3.8, 4) is 0 Å². The van der Waals surface area contributed by atoms with E-state index in [9.17, 15) is 5.11 Å². The first-order valence-corrected chi connectivity index (χ1v) is 7.85.